The van der Waals surface area contributed by atoms with Crippen molar-refractivity contribution in [3.05, 3.63) is 34.1 Å². The second-order valence-electron chi connectivity index (χ2n) is 5.49. The number of rotatable bonds is 5. The van der Waals surface area contributed by atoms with Gasteiger partial charge in [0.05, 0.1) is 4.47 Å². The summed E-state index contributed by atoms with van der Waals surface area (Å²) in [5.41, 5.74) is 1.06. The van der Waals surface area contributed by atoms with Gasteiger partial charge in [0, 0.05) is 6.04 Å². The van der Waals surface area contributed by atoms with Crippen LogP contribution in [0, 0.1) is 11.7 Å². The lowest BCUT2D eigenvalue weighted by Gasteiger charge is -2.28. The van der Waals surface area contributed by atoms with Gasteiger partial charge in [0.2, 0.25) is 0 Å². The summed E-state index contributed by atoms with van der Waals surface area (Å²) in [5.74, 6) is 0.622. The summed E-state index contributed by atoms with van der Waals surface area (Å²) < 4.78 is 14.3. The topological polar surface area (TPSA) is 12.0 Å². The Kier molecular flexibility index (Phi) is 5.83. The van der Waals surface area contributed by atoms with E-state index in [1.165, 1.54) is 38.2 Å². The quantitative estimate of drug-likeness (QED) is 0.782. The van der Waals surface area contributed by atoms with E-state index in [0.717, 1.165) is 24.4 Å². The molecule has 1 nitrogen and oxygen atoms in total. The van der Waals surface area contributed by atoms with Crippen LogP contribution in [-0.2, 0) is 0 Å². The smallest absolute Gasteiger partial charge is 0.137 e. The van der Waals surface area contributed by atoms with Gasteiger partial charge >= 0.3 is 0 Å². The maximum atomic E-state index is 13.7. The molecule has 0 amide bonds. The molecule has 1 atom stereocenters. The Balaban J connectivity index is 2.11. The van der Waals surface area contributed by atoms with Crippen molar-refractivity contribution in [3.8, 4) is 0 Å². The van der Waals surface area contributed by atoms with Crippen LogP contribution in [-0.4, -0.2) is 6.54 Å². The van der Waals surface area contributed by atoms with Crippen LogP contribution in [0.3, 0.4) is 0 Å². The molecule has 1 unspecified atom stereocenters. The first-order valence-electron chi connectivity index (χ1n) is 7.39. The first kappa shape index (κ1) is 15.0. The molecule has 0 radical (unpaired) electrons. The lowest BCUT2D eigenvalue weighted by atomic mass is 9.83. The maximum absolute atomic E-state index is 13.7. The van der Waals surface area contributed by atoms with Crippen molar-refractivity contribution in [2.75, 3.05) is 6.54 Å². The number of nitrogens with one attached hydrogen (secondary N) is 1. The number of hydrogen-bond acceptors (Lipinski definition) is 1. The van der Waals surface area contributed by atoms with Gasteiger partial charge in [-0.05, 0) is 46.4 Å². The molecule has 1 aliphatic carbocycles. The maximum Gasteiger partial charge on any atom is 0.137 e. The first-order chi connectivity index (χ1) is 9.22. The molecular weight excluding hydrogens is 305 g/mol. The number of halogens is 2. The molecule has 2 rings (SSSR count). The van der Waals surface area contributed by atoms with Gasteiger partial charge in [-0.2, -0.15) is 0 Å². The second-order valence-corrected chi connectivity index (χ2v) is 6.29. The number of benzene rings is 1. The predicted octanol–water partition coefficient (Wildman–Crippen LogP) is 5.21. The van der Waals surface area contributed by atoms with Crippen LogP contribution >= 0.6 is 15.9 Å². The first-order valence-corrected chi connectivity index (χ1v) is 8.19. The van der Waals surface area contributed by atoms with E-state index in [1.54, 1.807) is 6.07 Å². The van der Waals surface area contributed by atoms with Gasteiger partial charge in [-0.1, -0.05) is 51.2 Å². The molecule has 0 aliphatic heterocycles. The van der Waals surface area contributed by atoms with Crippen LogP contribution in [0.5, 0.6) is 0 Å². The fourth-order valence-electron chi connectivity index (χ4n) is 3.11. The summed E-state index contributed by atoms with van der Waals surface area (Å²) in [6, 6.07) is 5.61. The molecular formula is C16H23BrFN. The van der Waals surface area contributed by atoms with Gasteiger partial charge in [0.1, 0.15) is 5.82 Å². The zero-order valence-corrected chi connectivity index (χ0v) is 13.2. The van der Waals surface area contributed by atoms with Crippen molar-refractivity contribution < 1.29 is 4.39 Å². The Morgan fingerprint density at radius 2 is 2.05 bits per heavy atom. The molecule has 1 aromatic rings. The normalized spacial score (nSPS) is 18.5. The van der Waals surface area contributed by atoms with Crippen LogP contribution < -0.4 is 5.32 Å². The monoisotopic (exact) mass is 327 g/mol. The third-order valence-electron chi connectivity index (χ3n) is 4.10. The van der Waals surface area contributed by atoms with Crippen molar-refractivity contribution in [1.82, 2.24) is 5.32 Å². The molecule has 1 aliphatic rings. The molecule has 1 aromatic carbocycles. The van der Waals surface area contributed by atoms with Gasteiger partial charge in [-0.15, -0.1) is 0 Å². The van der Waals surface area contributed by atoms with Gasteiger partial charge in [-0.3, -0.25) is 0 Å². The zero-order chi connectivity index (χ0) is 13.7. The molecule has 19 heavy (non-hydrogen) atoms. The molecule has 0 aromatic heterocycles. The highest BCUT2D eigenvalue weighted by Crippen LogP contribution is 2.35. The van der Waals surface area contributed by atoms with E-state index in [4.69, 9.17) is 0 Å². The lowest BCUT2D eigenvalue weighted by Crippen LogP contribution is -2.25. The minimum absolute atomic E-state index is 0.163. The standard InChI is InChI=1S/C16H23BrFN/c1-2-19-15(11-12-7-4-3-5-8-12)13-9-6-10-14(18)16(13)17/h6,9-10,12,15,19H,2-5,7-8,11H2,1H3. The van der Waals surface area contributed by atoms with Crippen LogP contribution in [0.15, 0.2) is 22.7 Å². The fourth-order valence-corrected chi connectivity index (χ4v) is 3.65. The highest BCUT2D eigenvalue weighted by molar-refractivity contribution is 9.10. The van der Waals surface area contributed by atoms with E-state index in [1.807, 2.05) is 6.07 Å². The number of hydrogen-bond donors (Lipinski definition) is 1. The average Bonchev–Trinajstić information content (AvgIpc) is 2.43. The second kappa shape index (κ2) is 7.39. The van der Waals surface area contributed by atoms with Gasteiger partial charge in [-0.25, -0.2) is 4.39 Å². The SMILES string of the molecule is CCNC(CC1CCCCC1)c1cccc(F)c1Br. The van der Waals surface area contributed by atoms with E-state index in [2.05, 4.69) is 28.2 Å². The molecule has 1 fully saturated rings. The minimum Gasteiger partial charge on any atom is -0.310 e. The van der Waals surface area contributed by atoms with Crippen molar-refractivity contribution >= 4 is 15.9 Å². The Hall–Kier alpha value is -0.410. The van der Waals surface area contributed by atoms with Crippen molar-refractivity contribution in [1.29, 1.82) is 0 Å². The van der Waals surface area contributed by atoms with Crippen LogP contribution in [0.4, 0.5) is 4.39 Å². The molecule has 106 valence electrons. The van der Waals surface area contributed by atoms with Gasteiger partial charge < -0.3 is 5.32 Å². The highest BCUT2D eigenvalue weighted by Gasteiger charge is 2.21. The third-order valence-corrected chi connectivity index (χ3v) is 4.94. The Bertz CT molecular complexity index is 402. The van der Waals surface area contributed by atoms with Crippen molar-refractivity contribution in [2.45, 2.75) is 51.5 Å². The van der Waals surface area contributed by atoms with Crippen LogP contribution in [0.1, 0.15) is 57.1 Å². The molecule has 1 saturated carbocycles. The minimum atomic E-state index is -0.163. The third kappa shape index (κ3) is 4.03. The summed E-state index contributed by atoms with van der Waals surface area (Å²) in [6.07, 6.45) is 7.87. The zero-order valence-electron chi connectivity index (χ0n) is 11.6. The van der Waals surface area contributed by atoms with E-state index < -0.39 is 0 Å². The van der Waals surface area contributed by atoms with Crippen LogP contribution in [0.25, 0.3) is 0 Å². The summed E-state index contributed by atoms with van der Waals surface area (Å²) in [5, 5.41) is 3.52. The van der Waals surface area contributed by atoms with Gasteiger partial charge in [0.15, 0.2) is 0 Å². The molecule has 0 heterocycles. The Labute approximate surface area is 124 Å². The van der Waals surface area contributed by atoms with Crippen molar-refractivity contribution in [3.63, 3.8) is 0 Å². The lowest BCUT2D eigenvalue weighted by molar-refractivity contribution is 0.301. The van der Waals surface area contributed by atoms with E-state index in [9.17, 15) is 4.39 Å². The summed E-state index contributed by atoms with van der Waals surface area (Å²) >= 11 is 3.40. The largest absolute Gasteiger partial charge is 0.310 e. The molecule has 1 N–H and O–H groups in total. The molecule has 3 heteroatoms. The van der Waals surface area contributed by atoms with E-state index >= 15 is 0 Å². The van der Waals surface area contributed by atoms with E-state index in [-0.39, 0.29) is 11.9 Å². The Morgan fingerprint density at radius 3 is 2.74 bits per heavy atom. The summed E-state index contributed by atoms with van der Waals surface area (Å²) in [7, 11) is 0. The molecule has 0 spiro atoms. The predicted molar refractivity (Wildman–Crippen MR) is 81.7 cm³/mol. The van der Waals surface area contributed by atoms with Crippen molar-refractivity contribution in [2.24, 2.45) is 5.92 Å². The van der Waals surface area contributed by atoms with Gasteiger partial charge in [0.25, 0.3) is 0 Å². The molecule has 0 saturated heterocycles. The highest BCUT2D eigenvalue weighted by atomic mass is 79.9. The van der Waals surface area contributed by atoms with E-state index in [0.29, 0.717) is 4.47 Å². The van der Waals surface area contributed by atoms with Crippen LogP contribution in [0.2, 0.25) is 0 Å². The molecule has 0 bridgehead atoms. The Morgan fingerprint density at radius 1 is 1.32 bits per heavy atom. The summed E-state index contributed by atoms with van der Waals surface area (Å²) in [4.78, 5) is 0. The fraction of sp³-hybridized carbons (Fsp3) is 0.625. The summed E-state index contributed by atoms with van der Waals surface area (Å²) in [6.45, 7) is 3.03. The average molecular weight is 328 g/mol.